The summed E-state index contributed by atoms with van der Waals surface area (Å²) in [7, 11) is 0. The maximum absolute atomic E-state index is 6.54. The minimum absolute atomic E-state index is 0.206. The maximum atomic E-state index is 6.54. The Balaban J connectivity index is 1.14. The van der Waals surface area contributed by atoms with E-state index < -0.39 is 0 Å². The van der Waals surface area contributed by atoms with E-state index in [1.165, 1.54) is 22.3 Å². The van der Waals surface area contributed by atoms with Gasteiger partial charge in [-0.1, -0.05) is 125 Å². The SMILES string of the molecule is CC1(C)c2ccccc2N(c2cc(-c3cc(-c4nc5ccccc5o4)cc(N4c5ccccc5C(C)(C)c5ccccc54)c3)cc(-c3nc4ccccc4o3)c2)c2ccccc21. The highest BCUT2D eigenvalue weighted by molar-refractivity contribution is 5.93. The lowest BCUT2D eigenvalue weighted by Gasteiger charge is -2.42. The molecule has 0 aliphatic carbocycles. The van der Waals surface area contributed by atoms with Crippen LogP contribution in [0.15, 0.2) is 191 Å². The Kier molecular flexibility index (Phi) is 7.82. The van der Waals surface area contributed by atoms with Gasteiger partial charge in [-0.15, -0.1) is 0 Å². The van der Waals surface area contributed by atoms with Crippen LogP contribution in [0.3, 0.4) is 0 Å². The summed E-state index contributed by atoms with van der Waals surface area (Å²) in [5.74, 6) is 1.12. The normalized spacial score (nSPS) is 14.6. The van der Waals surface area contributed by atoms with E-state index in [0.717, 1.165) is 78.6 Å². The van der Waals surface area contributed by atoms with Crippen LogP contribution in [0.5, 0.6) is 0 Å². The van der Waals surface area contributed by atoms with Crippen LogP contribution in [0.25, 0.3) is 56.2 Å². The van der Waals surface area contributed by atoms with Crippen molar-refractivity contribution in [2.24, 2.45) is 0 Å². The number of oxazole rings is 2. The molecule has 0 saturated heterocycles. The molecule has 0 N–H and O–H groups in total. The second-order valence-electron chi connectivity index (χ2n) is 17.5. The average molecular weight is 803 g/mol. The summed E-state index contributed by atoms with van der Waals surface area (Å²) < 4.78 is 13.1. The van der Waals surface area contributed by atoms with Crippen LogP contribution in [-0.4, -0.2) is 9.97 Å². The lowest BCUT2D eigenvalue weighted by molar-refractivity contribution is 0.619. The molecule has 0 unspecified atom stereocenters. The van der Waals surface area contributed by atoms with E-state index in [0.29, 0.717) is 11.8 Å². The molecule has 0 amide bonds. The minimum Gasteiger partial charge on any atom is -0.436 e. The molecule has 0 spiro atoms. The Morgan fingerprint density at radius 2 is 0.661 bits per heavy atom. The molecule has 8 aromatic carbocycles. The van der Waals surface area contributed by atoms with E-state index in [2.05, 4.69) is 171 Å². The Morgan fingerprint density at radius 3 is 1.02 bits per heavy atom. The first-order valence-corrected chi connectivity index (χ1v) is 21.2. The fraction of sp³-hybridized carbons (Fsp3) is 0.107. The molecular formula is C56H42N4O2. The summed E-state index contributed by atoms with van der Waals surface area (Å²) in [5.41, 5.74) is 18.1. The summed E-state index contributed by atoms with van der Waals surface area (Å²) in [6, 6.07) is 64.4. The molecule has 62 heavy (non-hydrogen) atoms. The van der Waals surface area contributed by atoms with E-state index in [1.54, 1.807) is 0 Å². The van der Waals surface area contributed by atoms with Crippen molar-refractivity contribution >= 4 is 56.3 Å². The molecule has 0 bridgehead atoms. The first kappa shape index (κ1) is 36.2. The number of anilines is 6. The third kappa shape index (κ3) is 5.49. The highest BCUT2D eigenvalue weighted by Gasteiger charge is 2.38. The quantitative estimate of drug-likeness (QED) is 0.173. The van der Waals surface area contributed by atoms with Crippen LogP contribution < -0.4 is 9.80 Å². The van der Waals surface area contributed by atoms with Crippen molar-refractivity contribution in [3.8, 4) is 34.0 Å². The van der Waals surface area contributed by atoms with E-state index >= 15 is 0 Å². The summed E-state index contributed by atoms with van der Waals surface area (Å²) >= 11 is 0. The molecule has 2 aliphatic rings. The molecule has 0 fully saturated rings. The van der Waals surface area contributed by atoms with Gasteiger partial charge < -0.3 is 18.6 Å². The molecule has 10 aromatic rings. The summed E-state index contributed by atoms with van der Waals surface area (Å²) in [4.78, 5) is 14.9. The predicted octanol–water partition coefficient (Wildman–Crippen LogP) is 15.2. The molecule has 6 nitrogen and oxygen atoms in total. The zero-order valence-corrected chi connectivity index (χ0v) is 34.9. The van der Waals surface area contributed by atoms with E-state index in [9.17, 15) is 0 Å². The Morgan fingerprint density at radius 1 is 0.355 bits per heavy atom. The van der Waals surface area contributed by atoms with Gasteiger partial charge >= 0.3 is 0 Å². The minimum atomic E-state index is -0.206. The maximum Gasteiger partial charge on any atom is 0.227 e. The van der Waals surface area contributed by atoms with E-state index in [4.69, 9.17) is 18.8 Å². The molecule has 4 heterocycles. The lowest BCUT2D eigenvalue weighted by Crippen LogP contribution is -2.30. The fourth-order valence-corrected chi connectivity index (χ4v) is 9.95. The van der Waals surface area contributed by atoms with Crippen molar-refractivity contribution in [2.45, 2.75) is 38.5 Å². The van der Waals surface area contributed by atoms with Gasteiger partial charge in [0.05, 0.1) is 22.7 Å². The van der Waals surface area contributed by atoms with E-state index in [-0.39, 0.29) is 10.8 Å². The number of benzene rings is 8. The van der Waals surface area contributed by atoms with E-state index in [1.807, 2.05) is 48.5 Å². The van der Waals surface area contributed by atoms with Crippen molar-refractivity contribution in [3.63, 3.8) is 0 Å². The number of rotatable bonds is 5. The van der Waals surface area contributed by atoms with Crippen molar-refractivity contribution in [3.05, 3.63) is 204 Å². The summed E-state index contributed by atoms with van der Waals surface area (Å²) in [6.45, 7) is 9.28. The first-order chi connectivity index (χ1) is 30.2. The predicted molar refractivity (Wildman–Crippen MR) is 252 cm³/mol. The Bertz CT molecular complexity index is 3020. The van der Waals surface area contributed by atoms with Crippen LogP contribution in [0.4, 0.5) is 34.1 Å². The van der Waals surface area contributed by atoms with Gasteiger partial charge in [-0.2, -0.15) is 0 Å². The van der Waals surface area contributed by atoms with Gasteiger partial charge in [0.2, 0.25) is 11.8 Å². The Hall–Kier alpha value is -7.70. The highest BCUT2D eigenvalue weighted by Crippen LogP contribution is 2.55. The largest absolute Gasteiger partial charge is 0.436 e. The van der Waals surface area contributed by atoms with Crippen LogP contribution in [0.1, 0.15) is 49.9 Å². The van der Waals surface area contributed by atoms with Crippen molar-refractivity contribution in [2.75, 3.05) is 9.80 Å². The highest BCUT2D eigenvalue weighted by atomic mass is 16.4. The van der Waals surface area contributed by atoms with Crippen LogP contribution in [0.2, 0.25) is 0 Å². The zero-order valence-electron chi connectivity index (χ0n) is 34.9. The number of hydrogen-bond acceptors (Lipinski definition) is 6. The van der Waals surface area contributed by atoms with Gasteiger partial charge in [-0.05, 0) is 118 Å². The van der Waals surface area contributed by atoms with Crippen molar-refractivity contribution < 1.29 is 8.83 Å². The van der Waals surface area contributed by atoms with Gasteiger partial charge in [0, 0.05) is 33.3 Å². The molecule has 0 atom stereocenters. The standard InChI is InChI=1S/C56H42N4O2/c1-55(2)41-17-5-11-23-47(41)59(48-24-12-6-18-42(48)55)39-31-35(29-37(33-39)53-57-45-21-9-15-27-51(45)61-53)36-30-38(54-58-46-22-10-16-28-52(46)62-54)34-40(32-36)60-49-25-13-7-19-43(49)56(3,4)44-20-8-14-26-50(44)60/h5-34H,1-4H3. The summed E-state index contributed by atoms with van der Waals surface area (Å²) in [6.07, 6.45) is 0. The number of para-hydroxylation sites is 8. The molecule has 6 heteroatoms. The zero-order chi connectivity index (χ0) is 41.7. The van der Waals surface area contributed by atoms with Crippen LogP contribution >= 0.6 is 0 Å². The molecule has 0 saturated carbocycles. The van der Waals surface area contributed by atoms with Gasteiger partial charge in [-0.25, -0.2) is 9.97 Å². The molecule has 0 radical (unpaired) electrons. The monoisotopic (exact) mass is 802 g/mol. The molecule has 12 rings (SSSR count). The molecule has 298 valence electrons. The summed E-state index contributed by atoms with van der Waals surface area (Å²) in [5, 5.41) is 0. The fourth-order valence-electron chi connectivity index (χ4n) is 9.95. The third-order valence-electron chi connectivity index (χ3n) is 13.0. The number of nitrogens with zero attached hydrogens (tertiary/aromatic N) is 4. The number of fused-ring (bicyclic) bond motifs is 6. The average Bonchev–Trinajstić information content (AvgIpc) is 3.95. The molecular weight excluding hydrogens is 761 g/mol. The van der Waals surface area contributed by atoms with Gasteiger partial charge in [0.1, 0.15) is 11.0 Å². The first-order valence-electron chi connectivity index (χ1n) is 21.2. The molecule has 2 aromatic heterocycles. The van der Waals surface area contributed by atoms with Crippen molar-refractivity contribution in [1.29, 1.82) is 0 Å². The number of aromatic nitrogens is 2. The van der Waals surface area contributed by atoms with Gasteiger partial charge in [0.25, 0.3) is 0 Å². The molecule has 2 aliphatic heterocycles. The van der Waals surface area contributed by atoms with Gasteiger partial charge in [-0.3, -0.25) is 0 Å². The van der Waals surface area contributed by atoms with Crippen LogP contribution in [-0.2, 0) is 10.8 Å². The smallest absolute Gasteiger partial charge is 0.227 e. The topological polar surface area (TPSA) is 58.5 Å². The second-order valence-corrected chi connectivity index (χ2v) is 17.5. The van der Waals surface area contributed by atoms with Crippen molar-refractivity contribution in [1.82, 2.24) is 9.97 Å². The van der Waals surface area contributed by atoms with Gasteiger partial charge in [0.15, 0.2) is 11.2 Å². The second kappa shape index (κ2) is 13.4. The lowest BCUT2D eigenvalue weighted by atomic mass is 9.73. The van der Waals surface area contributed by atoms with Crippen LogP contribution in [0, 0.1) is 0 Å². The Labute approximate surface area is 360 Å². The third-order valence-corrected chi connectivity index (χ3v) is 13.0. The number of hydrogen-bond donors (Lipinski definition) is 0.